The number of nitrogens with one attached hydrogen (secondary N) is 1. The van der Waals surface area contributed by atoms with Crippen LogP contribution in [0, 0.1) is 0 Å². The van der Waals surface area contributed by atoms with E-state index in [0.29, 0.717) is 26.2 Å². The van der Waals surface area contributed by atoms with E-state index in [0.717, 1.165) is 6.07 Å². The number of nitrogens with two attached hydrogens (primary N) is 1. The lowest BCUT2D eigenvalue weighted by atomic mass is 10.2. The topological polar surface area (TPSA) is 74.0 Å². The Morgan fingerprint density at radius 1 is 1.24 bits per heavy atom. The molecule has 1 amide bonds. The largest absolute Gasteiger partial charge is 0.418 e. The predicted molar refractivity (Wildman–Crippen MR) is 93.4 cm³/mol. The first-order chi connectivity index (χ1) is 11.7. The molecule has 0 aromatic heterocycles. The molecule has 1 aromatic rings. The molecule has 3 N–H and O–H groups in total. The quantitative estimate of drug-likeness (QED) is 0.476. The molecule has 1 aromatic carbocycles. The second kappa shape index (κ2) is 7.79. The molecule has 0 aliphatic carbocycles. The van der Waals surface area contributed by atoms with Gasteiger partial charge in [-0.1, -0.05) is 24.4 Å². The molecular formula is C15H18F3N5OS. The number of halogens is 3. The van der Waals surface area contributed by atoms with Gasteiger partial charge in [-0.25, -0.2) is 0 Å². The molecule has 0 atom stereocenters. The third-order valence-corrected chi connectivity index (χ3v) is 3.94. The first kappa shape index (κ1) is 19.1. The van der Waals surface area contributed by atoms with Crippen LogP contribution >= 0.6 is 12.2 Å². The minimum atomic E-state index is -4.55. The Balaban J connectivity index is 2.21. The zero-order chi connectivity index (χ0) is 18.6. The first-order valence-electron chi connectivity index (χ1n) is 7.47. The molecule has 0 unspecified atom stereocenters. The van der Waals surface area contributed by atoms with Crippen molar-refractivity contribution < 1.29 is 18.0 Å². The van der Waals surface area contributed by atoms with E-state index in [1.54, 1.807) is 0 Å². The molecule has 2 rings (SSSR count). The third-order valence-electron chi connectivity index (χ3n) is 3.75. The van der Waals surface area contributed by atoms with Gasteiger partial charge in [0.1, 0.15) is 4.99 Å². The number of para-hydroxylation sites is 1. The van der Waals surface area contributed by atoms with Crippen LogP contribution in [0.3, 0.4) is 0 Å². The Labute approximate surface area is 148 Å². The molecule has 10 heteroatoms. The molecule has 0 bridgehead atoms. The molecule has 0 saturated carbocycles. The number of amides is 1. The van der Waals surface area contributed by atoms with Gasteiger partial charge in [-0.05, 0) is 19.2 Å². The molecular weight excluding hydrogens is 355 g/mol. The summed E-state index contributed by atoms with van der Waals surface area (Å²) in [4.78, 5) is 15.8. The van der Waals surface area contributed by atoms with E-state index in [-0.39, 0.29) is 16.4 Å². The summed E-state index contributed by atoms with van der Waals surface area (Å²) >= 11 is 4.83. The highest BCUT2D eigenvalue weighted by atomic mass is 32.1. The second-order valence-corrected chi connectivity index (χ2v) is 6.02. The third kappa shape index (κ3) is 4.89. The van der Waals surface area contributed by atoms with Crippen LogP contribution < -0.4 is 11.2 Å². The van der Waals surface area contributed by atoms with Crippen LogP contribution in [0.25, 0.3) is 0 Å². The monoisotopic (exact) mass is 373 g/mol. The Hall–Kier alpha value is -2.20. The van der Waals surface area contributed by atoms with Crippen molar-refractivity contribution >= 4 is 34.5 Å². The van der Waals surface area contributed by atoms with Crippen LogP contribution in [0.2, 0.25) is 0 Å². The van der Waals surface area contributed by atoms with Crippen molar-refractivity contribution in [2.24, 2.45) is 10.8 Å². The van der Waals surface area contributed by atoms with Crippen molar-refractivity contribution in [2.75, 3.05) is 38.7 Å². The van der Waals surface area contributed by atoms with Crippen molar-refractivity contribution in [2.45, 2.75) is 6.18 Å². The van der Waals surface area contributed by atoms with E-state index in [1.807, 2.05) is 7.05 Å². The van der Waals surface area contributed by atoms with Crippen molar-refractivity contribution in [3.63, 3.8) is 0 Å². The predicted octanol–water partition coefficient (Wildman–Crippen LogP) is 1.53. The Bertz CT molecular complexity index is 684. The zero-order valence-corrected chi connectivity index (χ0v) is 14.3. The number of hydrogen-bond donors (Lipinski definition) is 2. The number of hydrazone groups is 1. The Kier molecular flexibility index (Phi) is 5.96. The Morgan fingerprint density at radius 3 is 2.40 bits per heavy atom. The number of piperazine rings is 1. The summed E-state index contributed by atoms with van der Waals surface area (Å²) in [6, 6.07) is 4.82. The summed E-state index contributed by atoms with van der Waals surface area (Å²) in [5.74, 6) is -0.502. The molecule has 136 valence electrons. The number of likely N-dealkylation sites (N-methyl/N-ethyl adjacent to an activating group) is 1. The van der Waals surface area contributed by atoms with Crippen molar-refractivity contribution in [3.05, 3.63) is 29.8 Å². The van der Waals surface area contributed by atoms with Crippen LogP contribution in [0.5, 0.6) is 0 Å². The highest BCUT2D eigenvalue weighted by Gasteiger charge is 2.33. The molecule has 25 heavy (non-hydrogen) atoms. The maximum Gasteiger partial charge on any atom is 0.418 e. The fourth-order valence-corrected chi connectivity index (χ4v) is 2.44. The van der Waals surface area contributed by atoms with Crippen molar-refractivity contribution in [1.82, 2.24) is 9.80 Å². The molecule has 1 saturated heterocycles. The lowest BCUT2D eigenvalue weighted by Crippen LogP contribution is -2.51. The first-order valence-corrected chi connectivity index (χ1v) is 7.88. The maximum absolute atomic E-state index is 13.0. The second-order valence-electron chi connectivity index (χ2n) is 5.58. The minimum Gasteiger partial charge on any atom is -0.388 e. The summed E-state index contributed by atoms with van der Waals surface area (Å²) in [5, 5.41) is 3.76. The van der Waals surface area contributed by atoms with E-state index in [1.165, 1.54) is 23.1 Å². The van der Waals surface area contributed by atoms with Gasteiger partial charge >= 0.3 is 6.18 Å². The van der Waals surface area contributed by atoms with Gasteiger partial charge in [-0.3, -0.25) is 10.2 Å². The van der Waals surface area contributed by atoms with E-state index in [2.05, 4.69) is 15.4 Å². The Morgan fingerprint density at radius 2 is 1.84 bits per heavy atom. The van der Waals surface area contributed by atoms with Crippen LogP contribution in [-0.2, 0) is 11.0 Å². The fourth-order valence-electron chi connectivity index (χ4n) is 2.31. The van der Waals surface area contributed by atoms with Crippen LogP contribution in [0.4, 0.5) is 18.9 Å². The lowest BCUT2D eigenvalue weighted by molar-refractivity contribution is -0.137. The van der Waals surface area contributed by atoms with Crippen molar-refractivity contribution in [1.29, 1.82) is 0 Å². The number of rotatable bonds is 4. The number of anilines is 1. The highest BCUT2D eigenvalue weighted by Crippen LogP contribution is 2.34. The summed E-state index contributed by atoms with van der Waals surface area (Å²) in [6.45, 7) is 2.30. The number of carbonyl (C=O) groups is 1. The van der Waals surface area contributed by atoms with Gasteiger partial charge in [-0.15, -0.1) is 0 Å². The standard InChI is InChI=1S/C15H18F3N5OS/c1-22-6-8-23(9-7-22)14(24)12(13(19)25)21-20-11-5-3-2-4-10(11)15(16,17)18/h2-5,20H,6-9H2,1H3,(H2,19,25)/b21-12-. The molecule has 0 spiro atoms. The normalized spacial score (nSPS) is 16.6. The SMILES string of the molecule is CN1CCN(C(=O)/C(=N\Nc2ccccc2C(F)(F)F)C(N)=S)CC1. The number of benzene rings is 1. The maximum atomic E-state index is 13.0. The average molecular weight is 373 g/mol. The molecule has 1 aliphatic rings. The molecule has 6 nitrogen and oxygen atoms in total. The number of carbonyl (C=O) groups excluding carboxylic acids is 1. The van der Waals surface area contributed by atoms with Gasteiger partial charge in [0, 0.05) is 26.2 Å². The average Bonchev–Trinajstić information content (AvgIpc) is 2.54. The molecule has 0 radical (unpaired) electrons. The van der Waals surface area contributed by atoms with E-state index >= 15 is 0 Å². The van der Waals surface area contributed by atoms with Crippen LogP contribution in [0.1, 0.15) is 5.56 Å². The summed E-state index contributed by atoms with van der Waals surface area (Å²) < 4.78 is 39.0. The van der Waals surface area contributed by atoms with Gasteiger partial charge in [0.25, 0.3) is 5.91 Å². The molecule has 1 fully saturated rings. The van der Waals surface area contributed by atoms with Gasteiger partial charge < -0.3 is 15.5 Å². The number of alkyl halides is 3. The highest BCUT2D eigenvalue weighted by molar-refractivity contribution is 7.82. The smallest absolute Gasteiger partial charge is 0.388 e. The lowest BCUT2D eigenvalue weighted by Gasteiger charge is -2.32. The number of nitrogens with zero attached hydrogens (tertiary/aromatic N) is 3. The minimum absolute atomic E-state index is 0.267. The fraction of sp³-hybridized carbons (Fsp3) is 0.400. The van der Waals surface area contributed by atoms with Gasteiger partial charge in [0.05, 0.1) is 11.3 Å². The van der Waals surface area contributed by atoms with E-state index in [4.69, 9.17) is 18.0 Å². The molecule has 1 heterocycles. The number of thiocarbonyl (C=S) groups is 1. The van der Waals surface area contributed by atoms with Gasteiger partial charge in [0.15, 0.2) is 5.71 Å². The van der Waals surface area contributed by atoms with Crippen LogP contribution in [-0.4, -0.2) is 59.6 Å². The van der Waals surface area contributed by atoms with Crippen molar-refractivity contribution in [3.8, 4) is 0 Å². The number of hydrogen-bond acceptors (Lipinski definition) is 5. The molecule has 1 aliphatic heterocycles. The summed E-state index contributed by atoms with van der Waals surface area (Å²) in [6.07, 6.45) is -4.55. The van der Waals surface area contributed by atoms with E-state index < -0.39 is 17.6 Å². The van der Waals surface area contributed by atoms with Crippen LogP contribution in [0.15, 0.2) is 29.4 Å². The summed E-state index contributed by atoms with van der Waals surface area (Å²) in [7, 11) is 1.93. The summed E-state index contributed by atoms with van der Waals surface area (Å²) in [5.41, 5.74) is 6.37. The van der Waals surface area contributed by atoms with E-state index in [9.17, 15) is 18.0 Å². The van der Waals surface area contributed by atoms with Gasteiger partial charge in [0.2, 0.25) is 0 Å². The van der Waals surface area contributed by atoms with Gasteiger partial charge in [-0.2, -0.15) is 18.3 Å². The zero-order valence-electron chi connectivity index (χ0n) is 13.5.